The molecule has 7 heteroatoms. The van der Waals surface area contributed by atoms with Crippen LogP contribution in [0.3, 0.4) is 0 Å². The molecule has 1 saturated heterocycles. The van der Waals surface area contributed by atoms with E-state index in [0.29, 0.717) is 12.8 Å². The van der Waals surface area contributed by atoms with Crippen LogP contribution in [0.1, 0.15) is 25.7 Å². The van der Waals surface area contributed by atoms with Crippen molar-refractivity contribution >= 4 is 23.7 Å². The van der Waals surface area contributed by atoms with Gasteiger partial charge in [-0.1, -0.05) is 12.2 Å². The summed E-state index contributed by atoms with van der Waals surface area (Å²) >= 11 is 0. The fourth-order valence-corrected chi connectivity index (χ4v) is 2.71. The number of amides is 3. The van der Waals surface area contributed by atoms with Crippen molar-refractivity contribution in [1.82, 2.24) is 10.2 Å². The van der Waals surface area contributed by atoms with Gasteiger partial charge >= 0.3 is 5.97 Å². The third-order valence-corrected chi connectivity index (χ3v) is 4.05. The predicted octanol–water partition coefficient (Wildman–Crippen LogP) is -0.0830. The van der Waals surface area contributed by atoms with Crippen LogP contribution in [0.2, 0.25) is 0 Å². The Morgan fingerprint density at radius 1 is 1.24 bits per heavy atom. The number of allylic oxidation sites excluding steroid dienone is 2. The molecule has 0 saturated carbocycles. The summed E-state index contributed by atoms with van der Waals surface area (Å²) in [5.41, 5.74) is 0. The number of carbonyl (C=O) groups excluding carboxylic acids is 3. The second-order valence-corrected chi connectivity index (χ2v) is 5.38. The van der Waals surface area contributed by atoms with Crippen LogP contribution in [0.4, 0.5) is 0 Å². The lowest BCUT2D eigenvalue weighted by Crippen LogP contribution is -2.54. The molecular formula is C14H18N2O5. The van der Waals surface area contributed by atoms with Gasteiger partial charge in [-0.25, -0.2) is 0 Å². The number of nitrogens with zero attached hydrogens (tertiary/aromatic N) is 1. The molecule has 0 aromatic carbocycles. The smallest absolute Gasteiger partial charge is 0.307 e. The first-order valence-electron chi connectivity index (χ1n) is 6.90. The maximum Gasteiger partial charge on any atom is 0.307 e. The number of nitrogens with one attached hydrogen (secondary N) is 1. The number of hydrogen-bond donors (Lipinski definition) is 2. The normalized spacial score (nSPS) is 29.4. The highest BCUT2D eigenvalue weighted by atomic mass is 16.4. The van der Waals surface area contributed by atoms with Crippen molar-refractivity contribution in [3.8, 4) is 0 Å². The van der Waals surface area contributed by atoms with Crippen LogP contribution in [0, 0.1) is 11.8 Å². The van der Waals surface area contributed by atoms with E-state index in [4.69, 9.17) is 5.11 Å². The molecule has 3 atom stereocenters. The number of carboxylic acids is 1. The van der Waals surface area contributed by atoms with Crippen LogP contribution in [-0.4, -0.2) is 46.8 Å². The second-order valence-electron chi connectivity index (χ2n) is 5.38. The first-order valence-corrected chi connectivity index (χ1v) is 6.90. The van der Waals surface area contributed by atoms with Crippen LogP contribution in [0.5, 0.6) is 0 Å². The van der Waals surface area contributed by atoms with E-state index < -0.39 is 35.7 Å². The molecule has 2 N–H and O–H groups in total. The van der Waals surface area contributed by atoms with Crippen molar-refractivity contribution in [2.24, 2.45) is 11.8 Å². The summed E-state index contributed by atoms with van der Waals surface area (Å²) in [5.74, 6) is -3.61. The molecule has 0 aromatic heterocycles. The van der Waals surface area contributed by atoms with Crippen LogP contribution in [0.15, 0.2) is 12.2 Å². The fourth-order valence-electron chi connectivity index (χ4n) is 2.71. The summed E-state index contributed by atoms with van der Waals surface area (Å²) in [6.45, 7) is 0. The second kappa shape index (κ2) is 6.07. The van der Waals surface area contributed by atoms with Crippen molar-refractivity contribution in [2.75, 3.05) is 7.05 Å². The fraction of sp³-hybridized carbons (Fsp3) is 0.571. The van der Waals surface area contributed by atoms with Gasteiger partial charge in [-0.3, -0.25) is 24.1 Å². The van der Waals surface area contributed by atoms with Crippen molar-refractivity contribution in [1.29, 1.82) is 0 Å². The van der Waals surface area contributed by atoms with Gasteiger partial charge in [0.2, 0.25) is 11.8 Å². The Kier molecular flexibility index (Phi) is 4.40. The Labute approximate surface area is 122 Å². The molecule has 7 nitrogen and oxygen atoms in total. The first kappa shape index (κ1) is 15.2. The Morgan fingerprint density at radius 3 is 2.48 bits per heavy atom. The number of likely N-dealkylation sites (tertiary alicyclic amines) is 1. The third kappa shape index (κ3) is 3.12. The molecule has 3 amide bonds. The first-order chi connectivity index (χ1) is 9.91. The highest BCUT2D eigenvalue weighted by Crippen LogP contribution is 2.26. The summed E-state index contributed by atoms with van der Waals surface area (Å²) < 4.78 is 0. The van der Waals surface area contributed by atoms with Gasteiger partial charge in [0.1, 0.15) is 6.04 Å². The number of carbonyl (C=O) groups is 4. The molecule has 1 unspecified atom stereocenters. The van der Waals surface area contributed by atoms with E-state index in [-0.39, 0.29) is 18.7 Å². The zero-order valence-electron chi connectivity index (χ0n) is 11.7. The Balaban J connectivity index is 2.04. The molecule has 1 heterocycles. The van der Waals surface area contributed by atoms with Crippen molar-refractivity contribution < 1.29 is 24.3 Å². The van der Waals surface area contributed by atoms with Crippen LogP contribution >= 0.6 is 0 Å². The highest BCUT2D eigenvalue weighted by molar-refractivity contribution is 6.01. The van der Waals surface area contributed by atoms with Gasteiger partial charge in [0, 0.05) is 13.5 Å². The highest BCUT2D eigenvalue weighted by Gasteiger charge is 2.38. The van der Waals surface area contributed by atoms with Crippen LogP contribution in [-0.2, 0) is 19.2 Å². The van der Waals surface area contributed by atoms with E-state index in [9.17, 15) is 19.2 Å². The average molecular weight is 294 g/mol. The molecular weight excluding hydrogens is 276 g/mol. The minimum atomic E-state index is -1.01. The molecule has 1 aliphatic heterocycles. The zero-order chi connectivity index (χ0) is 15.6. The number of hydrogen-bond acceptors (Lipinski definition) is 4. The molecule has 2 aliphatic rings. The number of aliphatic carboxylic acids is 1. The maximum absolute atomic E-state index is 12.3. The van der Waals surface area contributed by atoms with Gasteiger partial charge in [-0.15, -0.1) is 0 Å². The van der Waals surface area contributed by atoms with E-state index >= 15 is 0 Å². The molecule has 1 aliphatic carbocycles. The Bertz CT molecular complexity index is 513. The quantitative estimate of drug-likeness (QED) is 0.559. The van der Waals surface area contributed by atoms with Gasteiger partial charge in [0.15, 0.2) is 0 Å². The molecule has 0 bridgehead atoms. The molecule has 2 rings (SSSR count). The molecule has 21 heavy (non-hydrogen) atoms. The number of carboxylic acid groups (broad SMARTS) is 1. The lowest BCUT2D eigenvalue weighted by atomic mass is 9.82. The molecule has 0 spiro atoms. The van der Waals surface area contributed by atoms with E-state index in [1.165, 1.54) is 7.05 Å². The van der Waals surface area contributed by atoms with E-state index in [0.717, 1.165) is 4.90 Å². The van der Waals surface area contributed by atoms with Crippen LogP contribution < -0.4 is 5.32 Å². The number of imide groups is 1. The van der Waals surface area contributed by atoms with Crippen molar-refractivity contribution in [2.45, 2.75) is 31.7 Å². The SMILES string of the molecule is CN1C(=O)CCC(NC(=O)[C@@H]2CC=CC[C@@H]2C(=O)O)C1=O. The molecule has 114 valence electrons. The monoisotopic (exact) mass is 294 g/mol. The predicted molar refractivity (Wildman–Crippen MR) is 71.9 cm³/mol. The Hall–Kier alpha value is -2.18. The largest absolute Gasteiger partial charge is 0.481 e. The lowest BCUT2D eigenvalue weighted by molar-refractivity contribution is -0.150. The summed E-state index contributed by atoms with van der Waals surface area (Å²) in [7, 11) is 1.38. The van der Waals surface area contributed by atoms with Gasteiger partial charge in [-0.05, 0) is 19.3 Å². The van der Waals surface area contributed by atoms with Crippen molar-refractivity contribution in [3.63, 3.8) is 0 Å². The molecule has 1 fully saturated rings. The minimum Gasteiger partial charge on any atom is -0.481 e. The van der Waals surface area contributed by atoms with Gasteiger partial charge in [0.05, 0.1) is 11.8 Å². The Morgan fingerprint density at radius 2 is 1.86 bits per heavy atom. The van der Waals surface area contributed by atoms with Crippen molar-refractivity contribution in [3.05, 3.63) is 12.2 Å². The molecule has 0 aromatic rings. The number of likely N-dealkylation sites (N-methyl/N-ethyl adjacent to an activating group) is 1. The summed E-state index contributed by atoms with van der Waals surface area (Å²) in [4.78, 5) is 47.8. The van der Waals surface area contributed by atoms with Gasteiger partial charge < -0.3 is 10.4 Å². The minimum absolute atomic E-state index is 0.195. The third-order valence-electron chi connectivity index (χ3n) is 4.05. The lowest BCUT2D eigenvalue weighted by Gasteiger charge is -2.31. The topological polar surface area (TPSA) is 104 Å². The van der Waals surface area contributed by atoms with Gasteiger partial charge in [0.25, 0.3) is 5.91 Å². The van der Waals surface area contributed by atoms with E-state index in [1.807, 2.05) is 0 Å². The number of piperidine rings is 1. The number of rotatable bonds is 3. The standard InChI is InChI=1S/C14H18N2O5/c1-16-11(17)7-6-10(13(16)19)15-12(18)8-4-2-3-5-9(8)14(20)21/h2-3,8-10H,4-7H2,1H3,(H,15,18)(H,20,21)/t8-,9+,10?/m1/s1. The van der Waals surface area contributed by atoms with E-state index in [2.05, 4.69) is 5.32 Å². The van der Waals surface area contributed by atoms with Gasteiger partial charge in [-0.2, -0.15) is 0 Å². The maximum atomic E-state index is 12.3. The zero-order valence-corrected chi connectivity index (χ0v) is 11.7. The summed E-state index contributed by atoms with van der Waals surface area (Å²) in [6, 6.07) is -0.749. The average Bonchev–Trinajstić information content (AvgIpc) is 2.47. The van der Waals surface area contributed by atoms with Crippen LogP contribution in [0.25, 0.3) is 0 Å². The van der Waals surface area contributed by atoms with E-state index in [1.54, 1.807) is 12.2 Å². The molecule has 0 radical (unpaired) electrons. The summed E-state index contributed by atoms with van der Waals surface area (Å²) in [6.07, 6.45) is 4.64. The summed E-state index contributed by atoms with van der Waals surface area (Å²) in [5, 5.41) is 11.8.